The largest absolute Gasteiger partial charge is 0.481 e. The number of likely N-dealkylation sites (tertiary alicyclic amines) is 2. The van der Waals surface area contributed by atoms with Crippen molar-refractivity contribution in [2.45, 2.75) is 43.7 Å². The minimum absolute atomic E-state index is 0.0946. The summed E-state index contributed by atoms with van der Waals surface area (Å²) in [4.78, 5) is 42.6. The molecule has 1 spiro atoms. The van der Waals surface area contributed by atoms with Gasteiger partial charge < -0.3 is 19.3 Å². The molecule has 0 saturated carbocycles. The van der Waals surface area contributed by atoms with Crippen LogP contribution in [0.4, 0.5) is 0 Å². The summed E-state index contributed by atoms with van der Waals surface area (Å²) in [6.07, 6.45) is 3.70. The topological polar surface area (TPSA) is 91.1 Å². The van der Waals surface area contributed by atoms with E-state index in [4.69, 9.17) is 4.42 Å². The molecule has 2 aromatic rings. The predicted octanol–water partition coefficient (Wildman–Crippen LogP) is 2.88. The first-order valence-electron chi connectivity index (χ1n) is 10.3. The average Bonchev–Trinajstić information content (AvgIpc) is 3.34. The molecule has 2 aliphatic heterocycles. The fourth-order valence-electron chi connectivity index (χ4n) is 5.02. The van der Waals surface area contributed by atoms with Gasteiger partial charge in [0.15, 0.2) is 0 Å². The van der Waals surface area contributed by atoms with Gasteiger partial charge in [-0.1, -0.05) is 30.3 Å². The first-order chi connectivity index (χ1) is 14.4. The van der Waals surface area contributed by atoms with E-state index in [0.29, 0.717) is 18.7 Å². The van der Waals surface area contributed by atoms with Gasteiger partial charge >= 0.3 is 5.97 Å². The lowest BCUT2D eigenvalue weighted by Crippen LogP contribution is -2.57. The number of carboxylic acid groups (broad SMARTS) is 1. The van der Waals surface area contributed by atoms with Crippen LogP contribution in [0.5, 0.6) is 0 Å². The molecule has 2 amide bonds. The molecule has 158 valence electrons. The third-order valence-corrected chi connectivity index (χ3v) is 6.38. The van der Waals surface area contributed by atoms with E-state index < -0.39 is 23.5 Å². The second-order valence-corrected chi connectivity index (χ2v) is 8.25. The molecule has 7 nitrogen and oxygen atoms in total. The number of likely N-dealkylation sites (N-methyl/N-ethyl adjacent to an activating group) is 1. The van der Waals surface area contributed by atoms with Crippen LogP contribution < -0.4 is 0 Å². The van der Waals surface area contributed by atoms with E-state index in [9.17, 15) is 19.5 Å². The Morgan fingerprint density at radius 3 is 2.60 bits per heavy atom. The van der Waals surface area contributed by atoms with E-state index in [0.717, 1.165) is 18.4 Å². The fourth-order valence-corrected chi connectivity index (χ4v) is 5.02. The van der Waals surface area contributed by atoms with Gasteiger partial charge in [-0.25, -0.2) is 0 Å². The van der Waals surface area contributed by atoms with Crippen molar-refractivity contribution in [1.82, 2.24) is 9.80 Å². The highest BCUT2D eigenvalue weighted by molar-refractivity contribution is 5.94. The molecule has 1 N–H and O–H groups in total. The van der Waals surface area contributed by atoms with Crippen molar-refractivity contribution in [1.29, 1.82) is 0 Å². The summed E-state index contributed by atoms with van der Waals surface area (Å²) in [5.41, 5.74) is -0.346. The van der Waals surface area contributed by atoms with Crippen molar-refractivity contribution in [2.75, 3.05) is 13.6 Å². The number of carbonyl (C=O) groups excluding carboxylic acids is 2. The zero-order valence-electron chi connectivity index (χ0n) is 17.0. The van der Waals surface area contributed by atoms with Crippen LogP contribution in [-0.2, 0) is 20.8 Å². The third-order valence-electron chi connectivity index (χ3n) is 6.38. The SMILES string of the molecule is CN1CCCC[C@]2(C[C@H](C(=O)O)[C@H](c3ccco3)N2C(=O)Cc2ccccc2)C1=O. The van der Waals surface area contributed by atoms with Crippen molar-refractivity contribution < 1.29 is 23.9 Å². The maximum absolute atomic E-state index is 13.6. The van der Waals surface area contributed by atoms with E-state index in [2.05, 4.69) is 0 Å². The van der Waals surface area contributed by atoms with Gasteiger partial charge in [-0.05, 0) is 43.4 Å². The van der Waals surface area contributed by atoms with Gasteiger partial charge in [-0.15, -0.1) is 0 Å². The minimum Gasteiger partial charge on any atom is -0.481 e. The zero-order valence-corrected chi connectivity index (χ0v) is 17.0. The van der Waals surface area contributed by atoms with Crippen LogP contribution in [0, 0.1) is 5.92 Å². The molecular weight excluding hydrogens is 384 g/mol. The van der Waals surface area contributed by atoms with E-state index in [1.807, 2.05) is 30.3 Å². The molecule has 3 heterocycles. The first kappa shape index (κ1) is 20.2. The molecule has 0 bridgehead atoms. The van der Waals surface area contributed by atoms with Crippen LogP contribution >= 0.6 is 0 Å². The van der Waals surface area contributed by atoms with Gasteiger partial charge in [-0.2, -0.15) is 0 Å². The summed E-state index contributed by atoms with van der Waals surface area (Å²) in [5.74, 6) is -1.96. The van der Waals surface area contributed by atoms with Crippen molar-refractivity contribution in [3.63, 3.8) is 0 Å². The fraction of sp³-hybridized carbons (Fsp3) is 0.435. The van der Waals surface area contributed by atoms with Gasteiger partial charge in [0.25, 0.3) is 0 Å². The zero-order chi connectivity index (χ0) is 21.3. The lowest BCUT2D eigenvalue weighted by molar-refractivity contribution is -0.152. The second-order valence-electron chi connectivity index (χ2n) is 8.25. The third kappa shape index (κ3) is 3.38. The molecule has 3 atom stereocenters. The molecular formula is C23H26N2O5. The van der Waals surface area contributed by atoms with Gasteiger partial charge in [0.2, 0.25) is 11.8 Å². The molecule has 30 heavy (non-hydrogen) atoms. The molecule has 2 aliphatic rings. The maximum atomic E-state index is 13.6. The van der Waals surface area contributed by atoms with Crippen molar-refractivity contribution in [3.8, 4) is 0 Å². The van der Waals surface area contributed by atoms with Crippen LogP contribution in [0.1, 0.15) is 43.0 Å². The molecule has 1 aromatic carbocycles. The number of hydrogen-bond acceptors (Lipinski definition) is 4. The summed E-state index contributed by atoms with van der Waals surface area (Å²) in [6, 6.07) is 11.9. The summed E-state index contributed by atoms with van der Waals surface area (Å²) in [7, 11) is 1.73. The molecule has 0 aliphatic carbocycles. The number of furan rings is 1. The Bertz CT molecular complexity index is 926. The Hall–Kier alpha value is -3.09. The lowest BCUT2D eigenvalue weighted by atomic mass is 9.85. The molecule has 0 radical (unpaired) electrons. The van der Waals surface area contributed by atoms with E-state index in [-0.39, 0.29) is 24.7 Å². The van der Waals surface area contributed by atoms with Crippen LogP contribution in [0.25, 0.3) is 0 Å². The van der Waals surface area contributed by atoms with Gasteiger partial charge in [0.05, 0.1) is 18.6 Å². The minimum atomic E-state index is -1.17. The Balaban J connectivity index is 1.82. The molecule has 2 saturated heterocycles. The van der Waals surface area contributed by atoms with Gasteiger partial charge in [0.1, 0.15) is 17.3 Å². The summed E-state index contributed by atoms with van der Waals surface area (Å²) in [5, 5.41) is 10.0. The summed E-state index contributed by atoms with van der Waals surface area (Å²) in [6.45, 7) is 0.602. The quantitative estimate of drug-likeness (QED) is 0.837. The molecule has 7 heteroatoms. The van der Waals surface area contributed by atoms with Crippen LogP contribution in [0.3, 0.4) is 0 Å². The number of nitrogens with zero attached hydrogens (tertiary/aromatic N) is 2. The molecule has 1 aromatic heterocycles. The molecule has 2 fully saturated rings. The number of carboxylic acids is 1. The second kappa shape index (κ2) is 7.97. The van der Waals surface area contributed by atoms with Crippen LogP contribution in [-0.4, -0.2) is 51.8 Å². The van der Waals surface area contributed by atoms with E-state index in [1.54, 1.807) is 29.0 Å². The maximum Gasteiger partial charge on any atom is 0.309 e. The normalized spacial score (nSPS) is 26.8. The number of rotatable bonds is 4. The highest BCUT2D eigenvalue weighted by atomic mass is 16.4. The lowest BCUT2D eigenvalue weighted by Gasteiger charge is -2.40. The van der Waals surface area contributed by atoms with E-state index >= 15 is 0 Å². The monoisotopic (exact) mass is 410 g/mol. The summed E-state index contributed by atoms with van der Waals surface area (Å²) >= 11 is 0. The highest BCUT2D eigenvalue weighted by Gasteiger charge is 2.61. The van der Waals surface area contributed by atoms with Gasteiger partial charge in [0, 0.05) is 13.6 Å². The average molecular weight is 410 g/mol. The van der Waals surface area contributed by atoms with Crippen molar-refractivity contribution in [2.24, 2.45) is 5.92 Å². The van der Waals surface area contributed by atoms with Crippen molar-refractivity contribution in [3.05, 3.63) is 60.1 Å². The Labute approximate surface area is 175 Å². The number of hydrogen-bond donors (Lipinski definition) is 1. The molecule has 4 rings (SSSR count). The Morgan fingerprint density at radius 1 is 1.17 bits per heavy atom. The standard InChI is InChI=1S/C23H26N2O5/c1-24-12-6-5-11-23(22(24)29)15-17(21(27)28)20(18-10-7-13-30-18)25(23)19(26)14-16-8-3-2-4-9-16/h2-4,7-10,13,17,20H,5-6,11-12,14-15H2,1H3,(H,27,28)/t17-,20+,23-/m0/s1. The Kier molecular flexibility index (Phi) is 5.37. The Morgan fingerprint density at radius 2 is 1.93 bits per heavy atom. The van der Waals surface area contributed by atoms with Gasteiger partial charge in [-0.3, -0.25) is 14.4 Å². The summed E-state index contributed by atoms with van der Waals surface area (Å²) < 4.78 is 5.57. The number of aliphatic carboxylic acids is 1. The smallest absolute Gasteiger partial charge is 0.309 e. The van der Waals surface area contributed by atoms with Crippen LogP contribution in [0.15, 0.2) is 53.1 Å². The molecule has 0 unspecified atom stereocenters. The number of benzene rings is 1. The predicted molar refractivity (Wildman–Crippen MR) is 108 cm³/mol. The number of carbonyl (C=O) groups is 3. The number of amides is 2. The van der Waals surface area contributed by atoms with E-state index in [1.165, 1.54) is 6.26 Å². The highest BCUT2D eigenvalue weighted by Crippen LogP contribution is 2.51. The van der Waals surface area contributed by atoms with Crippen LogP contribution in [0.2, 0.25) is 0 Å². The first-order valence-corrected chi connectivity index (χ1v) is 10.3. The van der Waals surface area contributed by atoms with Crippen molar-refractivity contribution >= 4 is 17.8 Å².